The van der Waals surface area contributed by atoms with Crippen molar-refractivity contribution in [3.8, 4) is 0 Å². The van der Waals surface area contributed by atoms with Gasteiger partial charge in [-0.3, -0.25) is 4.79 Å². The maximum Gasteiger partial charge on any atom is 0.408 e. The van der Waals surface area contributed by atoms with E-state index in [2.05, 4.69) is 15.4 Å². The van der Waals surface area contributed by atoms with Crippen LogP contribution in [0.5, 0.6) is 0 Å². The molecule has 0 aliphatic carbocycles. The summed E-state index contributed by atoms with van der Waals surface area (Å²) in [5.41, 5.74) is -0.642. The zero-order valence-electron chi connectivity index (χ0n) is 13.6. The Balaban J connectivity index is 4.62. The van der Waals surface area contributed by atoms with Gasteiger partial charge in [0.25, 0.3) is 0 Å². The molecule has 0 aliphatic rings. The van der Waals surface area contributed by atoms with E-state index in [1.54, 1.807) is 34.6 Å². The highest BCUT2D eigenvalue weighted by Gasteiger charge is 2.26. The van der Waals surface area contributed by atoms with Gasteiger partial charge in [0.2, 0.25) is 5.91 Å². The largest absolute Gasteiger partial charge is 0.467 e. The van der Waals surface area contributed by atoms with E-state index in [4.69, 9.17) is 4.74 Å². The predicted molar refractivity (Wildman–Crippen MR) is 77.7 cm³/mol. The van der Waals surface area contributed by atoms with E-state index < -0.39 is 35.7 Å². The van der Waals surface area contributed by atoms with Crippen LogP contribution in [0.25, 0.3) is 0 Å². The number of hydrogen-bond acceptors (Lipinski definition) is 5. The van der Waals surface area contributed by atoms with E-state index in [0.717, 1.165) is 0 Å². The van der Waals surface area contributed by atoms with Gasteiger partial charge in [0.15, 0.2) is 0 Å². The van der Waals surface area contributed by atoms with Crippen molar-refractivity contribution < 1.29 is 23.9 Å². The van der Waals surface area contributed by atoms with E-state index in [0.29, 0.717) is 12.8 Å². The third-order valence-corrected chi connectivity index (χ3v) is 2.63. The molecule has 0 fully saturated rings. The topological polar surface area (TPSA) is 93.7 Å². The number of rotatable bonds is 6. The SMILES string of the molecule is CC[C@H](NC(=O)OC(C)(C)C)C(=O)N[C@@H](CC)C(=O)OC. The molecule has 2 N–H and O–H groups in total. The summed E-state index contributed by atoms with van der Waals surface area (Å²) < 4.78 is 9.70. The van der Waals surface area contributed by atoms with Crippen molar-refractivity contribution in [2.45, 2.75) is 65.1 Å². The third-order valence-electron chi connectivity index (χ3n) is 2.63. The first-order chi connectivity index (χ1) is 9.64. The van der Waals surface area contributed by atoms with Crippen molar-refractivity contribution in [3.05, 3.63) is 0 Å². The first-order valence-electron chi connectivity index (χ1n) is 7.02. The second kappa shape index (κ2) is 8.49. The van der Waals surface area contributed by atoms with Gasteiger partial charge in [-0.15, -0.1) is 0 Å². The van der Waals surface area contributed by atoms with Crippen LogP contribution in [0.15, 0.2) is 0 Å². The van der Waals surface area contributed by atoms with Crippen LogP contribution in [0.3, 0.4) is 0 Å². The molecule has 0 saturated heterocycles. The zero-order chi connectivity index (χ0) is 16.6. The van der Waals surface area contributed by atoms with Gasteiger partial charge in [0.05, 0.1) is 7.11 Å². The third kappa shape index (κ3) is 7.53. The number of nitrogens with one attached hydrogen (secondary N) is 2. The zero-order valence-corrected chi connectivity index (χ0v) is 13.6. The van der Waals surface area contributed by atoms with Gasteiger partial charge in [-0.05, 0) is 33.6 Å². The van der Waals surface area contributed by atoms with Crippen LogP contribution in [0.1, 0.15) is 47.5 Å². The fourth-order valence-corrected chi connectivity index (χ4v) is 1.55. The summed E-state index contributed by atoms with van der Waals surface area (Å²) in [5.74, 6) is -0.960. The summed E-state index contributed by atoms with van der Waals surface area (Å²) >= 11 is 0. The molecular weight excluding hydrogens is 276 g/mol. The monoisotopic (exact) mass is 302 g/mol. The lowest BCUT2D eigenvalue weighted by Gasteiger charge is -2.23. The summed E-state index contributed by atoms with van der Waals surface area (Å²) in [5, 5.41) is 5.04. The summed E-state index contributed by atoms with van der Waals surface area (Å²) in [7, 11) is 1.26. The van der Waals surface area contributed by atoms with Crippen LogP contribution in [-0.4, -0.2) is 42.8 Å². The van der Waals surface area contributed by atoms with Crippen LogP contribution in [-0.2, 0) is 19.1 Å². The molecule has 0 unspecified atom stereocenters. The number of amides is 2. The van der Waals surface area contributed by atoms with Gasteiger partial charge in [0, 0.05) is 0 Å². The van der Waals surface area contributed by atoms with Crippen molar-refractivity contribution in [1.82, 2.24) is 10.6 Å². The Hall–Kier alpha value is -1.79. The van der Waals surface area contributed by atoms with Gasteiger partial charge in [-0.1, -0.05) is 13.8 Å². The Morgan fingerprint density at radius 3 is 1.90 bits per heavy atom. The highest BCUT2D eigenvalue weighted by Crippen LogP contribution is 2.07. The highest BCUT2D eigenvalue weighted by molar-refractivity contribution is 5.89. The summed E-state index contributed by atoms with van der Waals surface area (Å²) in [4.78, 5) is 35.2. The maximum atomic E-state index is 12.1. The summed E-state index contributed by atoms with van der Waals surface area (Å²) in [6.07, 6.45) is 0.111. The maximum absolute atomic E-state index is 12.1. The van der Waals surface area contributed by atoms with E-state index in [9.17, 15) is 14.4 Å². The molecular formula is C14H26N2O5. The van der Waals surface area contributed by atoms with Crippen molar-refractivity contribution in [1.29, 1.82) is 0 Å². The molecule has 0 rings (SSSR count). The Kier molecular flexibility index (Phi) is 7.76. The standard InChI is InChI=1S/C14H26N2O5/c1-7-9(16-13(19)21-14(3,4)5)11(17)15-10(8-2)12(18)20-6/h9-10H,7-8H2,1-6H3,(H,15,17)(H,16,19)/t9-,10-/m0/s1. The number of methoxy groups -OCH3 is 1. The molecule has 0 aliphatic heterocycles. The molecule has 0 aromatic rings. The van der Waals surface area contributed by atoms with Gasteiger partial charge < -0.3 is 20.1 Å². The van der Waals surface area contributed by atoms with Crippen LogP contribution >= 0.6 is 0 Å². The van der Waals surface area contributed by atoms with Crippen LogP contribution in [0.2, 0.25) is 0 Å². The summed E-state index contributed by atoms with van der Waals surface area (Å²) in [6, 6.07) is -1.49. The molecule has 0 bridgehead atoms. The Morgan fingerprint density at radius 1 is 1.00 bits per heavy atom. The van der Waals surface area contributed by atoms with Crippen molar-refractivity contribution >= 4 is 18.0 Å². The normalized spacial score (nSPS) is 13.8. The minimum atomic E-state index is -0.765. The average Bonchev–Trinajstić information content (AvgIpc) is 2.38. The minimum Gasteiger partial charge on any atom is -0.467 e. The molecule has 0 radical (unpaired) electrons. The molecule has 0 aromatic heterocycles. The number of hydrogen-bond donors (Lipinski definition) is 2. The van der Waals surface area contributed by atoms with Crippen LogP contribution in [0.4, 0.5) is 4.79 Å². The second-order valence-electron chi connectivity index (χ2n) is 5.60. The van der Waals surface area contributed by atoms with Crippen molar-refractivity contribution in [2.24, 2.45) is 0 Å². The fraction of sp³-hybridized carbons (Fsp3) is 0.786. The second-order valence-corrected chi connectivity index (χ2v) is 5.60. The molecule has 122 valence electrons. The molecule has 21 heavy (non-hydrogen) atoms. The molecule has 7 nitrogen and oxygen atoms in total. The molecule has 0 saturated carbocycles. The average molecular weight is 302 g/mol. The number of carbonyl (C=O) groups excluding carboxylic acids is 3. The summed E-state index contributed by atoms with van der Waals surface area (Å²) in [6.45, 7) is 8.71. The van der Waals surface area contributed by atoms with Crippen LogP contribution < -0.4 is 10.6 Å². The Morgan fingerprint density at radius 2 is 1.52 bits per heavy atom. The van der Waals surface area contributed by atoms with E-state index >= 15 is 0 Å². The number of carbonyl (C=O) groups is 3. The van der Waals surface area contributed by atoms with Gasteiger partial charge >= 0.3 is 12.1 Å². The van der Waals surface area contributed by atoms with Crippen LogP contribution in [0, 0.1) is 0 Å². The molecule has 2 amide bonds. The lowest BCUT2D eigenvalue weighted by Crippen LogP contribution is -2.52. The molecule has 2 atom stereocenters. The van der Waals surface area contributed by atoms with Crippen molar-refractivity contribution in [2.75, 3.05) is 7.11 Å². The number of ether oxygens (including phenoxy) is 2. The Labute approximate surface area is 125 Å². The quantitative estimate of drug-likeness (QED) is 0.722. The Bertz CT molecular complexity index is 376. The first-order valence-corrected chi connectivity index (χ1v) is 7.02. The number of alkyl carbamates (subject to hydrolysis) is 1. The van der Waals surface area contributed by atoms with Gasteiger partial charge in [0.1, 0.15) is 17.7 Å². The molecule has 0 spiro atoms. The molecule has 0 aromatic carbocycles. The smallest absolute Gasteiger partial charge is 0.408 e. The number of esters is 1. The van der Waals surface area contributed by atoms with Crippen molar-refractivity contribution in [3.63, 3.8) is 0 Å². The lowest BCUT2D eigenvalue weighted by atomic mass is 10.1. The predicted octanol–water partition coefficient (Wildman–Crippen LogP) is 1.36. The fourth-order valence-electron chi connectivity index (χ4n) is 1.55. The first kappa shape index (κ1) is 19.2. The van der Waals surface area contributed by atoms with E-state index in [-0.39, 0.29) is 0 Å². The highest BCUT2D eigenvalue weighted by atomic mass is 16.6. The van der Waals surface area contributed by atoms with Gasteiger partial charge in [-0.25, -0.2) is 9.59 Å². The molecule has 7 heteroatoms. The lowest BCUT2D eigenvalue weighted by molar-refractivity contribution is -0.145. The molecule has 0 heterocycles. The van der Waals surface area contributed by atoms with Gasteiger partial charge in [-0.2, -0.15) is 0 Å². The minimum absolute atomic E-state index is 0.378. The van der Waals surface area contributed by atoms with E-state index in [1.165, 1.54) is 7.11 Å². The van der Waals surface area contributed by atoms with E-state index in [1.807, 2.05) is 0 Å².